The molecule has 0 fully saturated rings. The zero-order valence-corrected chi connectivity index (χ0v) is 16.0. The topological polar surface area (TPSA) is 64.6 Å². The van der Waals surface area contributed by atoms with Crippen molar-refractivity contribution >= 4 is 0 Å². The van der Waals surface area contributed by atoms with Crippen molar-refractivity contribution in [3.8, 4) is 0 Å². The normalized spacial score (nSPS) is 16.2. The molecule has 0 aliphatic heterocycles. The monoisotopic (exact) mass is 362 g/mol. The lowest BCUT2D eigenvalue weighted by atomic mass is 10.1. The van der Waals surface area contributed by atoms with Crippen molar-refractivity contribution in [3.63, 3.8) is 0 Å². The van der Waals surface area contributed by atoms with Gasteiger partial charge in [-0.2, -0.15) is 0 Å². The molecule has 0 aromatic rings. The maximum atomic E-state index is 6.17. The lowest BCUT2D eigenvalue weighted by Crippen LogP contribution is -2.43. The standard InChI is InChI=1S/C18H34O7/c1-7-15(21-5)17(13-23-11-9-19-3)25-18(16(8-2)22-6)14-24-12-10-20-4/h7-8,15-18H,1-2,9-14H2,3-6H3. The largest absolute Gasteiger partial charge is 0.382 e. The number of hydrogen-bond acceptors (Lipinski definition) is 7. The van der Waals surface area contributed by atoms with Crippen LogP contribution in [0.15, 0.2) is 25.3 Å². The molecule has 0 rings (SSSR count). The zero-order valence-electron chi connectivity index (χ0n) is 16.0. The fourth-order valence-corrected chi connectivity index (χ4v) is 2.13. The highest BCUT2D eigenvalue weighted by molar-refractivity contribution is 4.91. The minimum absolute atomic E-state index is 0.327. The summed E-state index contributed by atoms with van der Waals surface area (Å²) in [6.45, 7) is 10.2. The van der Waals surface area contributed by atoms with Crippen LogP contribution < -0.4 is 0 Å². The minimum atomic E-state index is -0.368. The third-order valence-electron chi connectivity index (χ3n) is 3.52. The van der Waals surface area contributed by atoms with Gasteiger partial charge in [0.1, 0.15) is 24.4 Å². The van der Waals surface area contributed by atoms with Crippen LogP contribution in [0.5, 0.6) is 0 Å². The molecular formula is C18H34O7. The Hall–Kier alpha value is -0.800. The van der Waals surface area contributed by atoms with Crippen LogP contribution in [-0.4, -0.2) is 92.5 Å². The van der Waals surface area contributed by atoms with Crippen LogP contribution in [0.25, 0.3) is 0 Å². The van der Waals surface area contributed by atoms with Gasteiger partial charge in [-0.25, -0.2) is 0 Å². The fraction of sp³-hybridized carbons (Fsp3) is 0.778. The van der Waals surface area contributed by atoms with Gasteiger partial charge in [-0.15, -0.1) is 13.2 Å². The Morgan fingerprint density at radius 2 is 1.08 bits per heavy atom. The minimum Gasteiger partial charge on any atom is -0.382 e. The second-order valence-electron chi connectivity index (χ2n) is 5.22. The molecule has 0 aromatic heterocycles. The molecule has 0 bridgehead atoms. The van der Waals surface area contributed by atoms with Gasteiger partial charge in [0.2, 0.25) is 0 Å². The van der Waals surface area contributed by atoms with Gasteiger partial charge in [-0.1, -0.05) is 12.2 Å². The highest BCUT2D eigenvalue weighted by Gasteiger charge is 2.28. The number of ether oxygens (including phenoxy) is 7. The molecule has 7 nitrogen and oxygen atoms in total. The van der Waals surface area contributed by atoms with E-state index in [1.54, 1.807) is 40.6 Å². The maximum Gasteiger partial charge on any atom is 0.111 e. The molecule has 0 radical (unpaired) electrons. The maximum absolute atomic E-state index is 6.17. The summed E-state index contributed by atoms with van der Waals surface area (Å²) in [5.74, 6) is 0. The molecular weight excluding hydrogens is 328 g/mol. The molecule has 0 spiro atoms. The molecule has 0 aliphatic carbocycles. The van der Waals surface area contributed by atoms with E-state index >= 15 is 0 Å². The number of methoxy groups -OCH3 is 4. The smallest absolute Gasteiger partial charge is 0.111 e. The van der Waals surface area contributed by atoms with E-state index in [0.717, 1.165) is 0 Å². The molecule has 0 amide bonds. The summed E-state index contributed by atoms with van der Waals surface area (Å²) < 4.78 is 38.2. The SMILES string of the molecule is C=CC(OC)C(COCCOC)OC(COCCOC)C(C=C)OC. The van der Waals surface area contributed by atoms with Gasteiger partial charge in [-0.05, 0) is 0 Å². The molecule has 25 heavy (non-hydrogen) atoms. The Morgan fingerprint density at radius 1 is 0.680 bits per heavy atom. The van der Waals surface area contributed by atoms with Gasteiger partial charge in [0.15, 0.2) is 0 Å². The molecule has 0 aromatic carbocycles. The Labute approximate surface area is 151 Å². The van der Waals surface area contributed by atoms with E-state index in [-0.39, 0.29) is 24.4 Å². The zero-order chi connectivity index (χ0) is 18.9. The van der Waals surface area contributed by atoms with Gasteiger partial charge in [0.25, 0.3) is 0 Å². The van der Waals surface area contributed by atoms with Crippen LogP contribution >= 0.6 is 0 Å². The molecule has 4 unspecified atom stereocenters. The summed E-state index contributed by atoms with van der Waals surface area (Å²) in [5, 5.41) is 0. The van der Waals surface area contributed by atoms with E-state index in [1.807, 2.05) is 0 Å². The van der Waals surface area contributed by atoms with Crippen LogP contribution in [-0.2, 0) is 33.2 Å². The Balaban J connectivity index is 4.86. The highest BCUT2D eigenvalue weighted by Crippen LogP contribution is 2.14. The first-order valence-electron chi connectivity index (χ1n) is 8.27. The quantitative estimate of drug-likeness (QED) is 0.270. The van der Waals surface area contributed by atoms with Crippen LogP contribution in [0.4, 0.5) is 0 Å². The Kier molecular flexibility index (Phi) is 16.1. The number of rotatable bonds is 18. The van der Waals surface area contributed by atoms with Crippen LogP contribution in [0.1, 0.15) is 0 Å². The molecule has 0 heterocycles. The van der Waals surface area contributed by atoms with Gasteiger partial charge < -0.3 is 33.2 Å². The predicted octanol–water partition coefficient (Wildman–Crippen LogP) is 1.47. The van der Waals surface area contributed by atoms with E-state index in [0.29, 0.717) is 39.6 Å². The Morgan fingerprint density at radius 3 is 1.36 bits per heavy atom. The predicted molar refractivity (Wildman–Crippen MR) is 96.0 cm³/mol. The first kappa shape index (κ1) is 24.2. The van der Waals surface area contributed by atoms with E-state index in [9.17, 15) is 0 Å². The van der Waals surface area contributed by atoms with Gasteiger partial charge in [0.05, 0.1) is 39.6 Å². The molecule has 0 N–H and O–H groups in total. The molecule has 148 valence electrons. The number of hydrogen-bond donors (Lipinski definition) is 0. The summed E-state index contributed by atoms with van der Waals surface area (Å²) in [4.78, 5) is 0. The lowest BCUT2D eigenvalue weighted by Gasteiger charge is -2.31. The van der Waals surface area contributed by atoms with Crippen LogP contribution in [0.2, 0.25) is 0 Å². The van der Waals surface area contributed by atoms with Gasteiger partial charge in [-0.3, -0.25) is 0 Å². The molecule has 0 aliphatic rings. The summed E-state index contributed by atoms with van der Waals surface area (Å²) in [6.07, 6.45) is 1.98. The van der Waals surface area contributed by atoms with Crippen molar-refractivity contribution in [2.24, 2.45) is 0 Å². The lowest BCUT2D eigenvalue weighted by molar-refractivity contribution is -0.153. The third-order valence-corrected chi connectivity index (χ3v) is 3.52. The summed E-state index contributed by atoms with van der Waals surface area (Å²) in [5.41, 5.74) is 0. The second kappa shape index (κ2) is 16.7. The fourth-order valence-electron chi connectivity index (χ4n) is 2.13. The van der Waals surface area contributed by atoms with Gasteiger partial charge in [0, 0.05) is 28.4 Å². The van der Waals surface area contributed by atoms with Crippen molar-refractivity contribution in [2.75, 3.05) is 68.1 Å². The van der Waals surface area contributed by atoms with Crippen molar-refractivity contribution in [1.29, 1.82) is 0 Å². The van der Waals surface area contributed by atoms with Crippen LogP contribution in [0.3, 0.4) is 0 Å². The third kappa shape index (κ3) is 10.7. The second-order valence-corrected chi connectivity index (χ2v) is 5.22. The molecule has 4 atom stereocenters. The van der Waals surface area contributed by atoms with Crippen molar-refractivity contribution in [3.05, 3.63) is 25.3 Å². The van der Waals surface area contributed by atoms with Crippen molar-refractivity contribution in [2.45, 2.75) is 24.4 Å². The molecule has 0 saturated heterocycles. The van der Waals surface area contributed by atoms with Crippen molar-refractivity contribution in [1.82, 2.24) is 0 Å². The van der Waals surface area contributed by atoms with Gasteiger partial charge >= 0.3 is 0 Å². The van der Waals surface area contributed by atoms with E-state index < -0.39 is 0 Å². The summed E-state index contributed by atoms with van der Waals surface area (Å²) in [6, 6.07) is 0. The molecule has 7 heteroatoms. The van der Waals surface area contributed by atoms with E-state index in [2.05, 4.69) is 13.2 Å². The first-order chi connectivity index (χ1) is 12.2. The Bertz CT molecular complexity index is 295. The first-order valence-corrected chi connectivity index (χ1v) is 8.27. The van der Waals surface area contributed by atoms with E-state index in [1.165, 1.54) is 0 Å². The average molecular weight is 362 g/mol. The summed E-state index contributed by atoms with van der Waals surface area (Å²) in [7, 11) is 6.45. The average Bonchev–Trinajstić information content (AvgIpc) is 2.63. The van der Waals surface area contributed by atoms with Crippen molar-refractivity contribution < 1.29 is 33.2 Å². The molecule has 0 saturated carbocycles. The van der Waals surface area contributed by atoms with E-state index in [4.69, 9.17) is 33.2 Å². The summed E-state index contributed by atoms with van der Waals surface area (Å²) >= 11 is 0. The highest BCUT2D eigenvalue weighted by atomic mass is 16.6. The van der Waals surface area contributed by atoms with Crippen LogP contribution in [0, 0.1) is 0 Å².